The molecule has 0 saturated carbocycles. The number of phenols is 1. The average Bonchev–Trinajstić information content (AvgIpc) is 3.16. The lowest BCUT2D eigenvalue weighted by Gasteiger charge is -2.04. The van der Waals surface area contributed by atoms with Crippen molar-refractivity contribution in [2.24, 2.45) is 0 Å². The Morgan fingerprint density at radius 3 is 2.91 bits per heavy atom. The number of rotatable bonds is 4. The highest BCUT2D eigenvalue weighted by molar-refractivity contribution is 6.30. The Labute approximate surface area is 129 Å². The van der Waals surface area contributed by atoms with Crippen LogP contribution in [-0.2, 0) is 11.3 Å². The number of hydrogen-bond donors (Lipinski definition) is 1. The van der Waals surface area contributed by atoms with E-state index in [1.807, 2.05) is 0 Å². The molecule has 0 aliphatic heterocycles. The fourth-order valence-corrected chi connectivity index (χ4v) is 1.86. The SMILES string of the molecule is O=C(OCc1nnc(-c2ccco2)o1)c1ccc(Cl)cc1O. The number of carbonyl (C=O) groups excluding carboxylic acids is 1. The summed E-state index contributed by atoms with van der Waals surface area (Å²) < 4.78 is 15.4. The molecule has 0 radical (unpaired) electrons. The van der Waals surface area contributed by atoms with Crippen LogP contribution in [-0.4, -0.2) is 21.3 Å². The van der Waals surface area contributed by atoms with Gasteiger partial charge in [-0.3, -0.25) is 0 Å². The lowest BCUT2D eigenvalue weighted by atomic mass is 10.2. The fraction of sp³-hybridized carbons (Fsp3) is 0.0714. The first kappa shape index (κ1) is 14.2. The van der Waals surface area contributed by atoms with Crippen LogP contribution in [0.4, 0.5) is 0 Å². The smallest absolute Gasteiger partial charge is 0.342 e. The summed E-state index contributed by atoms with van der Waals surface area (Å²) in [5.74, 6) is -0.287. The highest BCUT2D eigenvalue weighted by Crippen LogP contribution is 2.23. The molecule has 0 amide bonds. The zero-order chi connectivity index (χ0) is 15.5. The second kappa shape index (κ2) is 5.90. The predicted octanol–water partition coefficient (Wildman–Crippen LogP) is 3.05. The summed E-state index contributed by atoms with van der Waals surface area (Å²) in [6.45, 7) is -0.228. The topological polar surface area (TPSA) is 98.6 Å². The molecule has 0 atom stereocenters. The first-order valence-corrected chi connectivity index (χ1v) is 6.53. The molecule has 0 fully saturated rings. The van der Waals surface area contributed by atoms with Crippen LogP contribution in [0.2, 0.25) is 5.02 Å². The third-order valence-corrected chi connectivity index (χ3v) is 2.94. The van der Waals surface area contributed by atoms with Gasteiger partial charge in [0.1, 0.15) is 11.3 Å². The fourth-order valence-electron chi connectivity index (χ4n) is 1.69. The van der Waals surface area contributed by atoms with Gasteiger partial charge in [-0.25, -0.2) is 4.79 Å². The largest absolute Gasteiger partial charge is 0.507 e. The van der Waals surface area contributed by atoms with Gasteiger partial charge < -0.3 is 18.7 Å². The number of ether oxygens (including phenoxy) is 1. The second-order valence-corrected chi connectivity index (χ2v) is 4.65. The summed E-state index contributed by atoms with van der Waals surface area (Å²) >= 11 is 5.69. The number of benzene rings is 1. The summed E-state index contributed by atoms with van der Waals surface area (Å²) in [6.07, 6.45) is 1.47. The maximum absolute atomic E-state index is 11.9. The Bertz CT molecular complexity index is 797. The molecule has 0 spiro atoms. The number of carbonyl (C=O) groups is 1. The Morgan fingerprint density at radius 1 is 1.32 bits per heavy atom. The van der Waals surface area contributed by atoms with Crippen LogP contribution < -0.4 is 0 Å². The van der Waals surface area contributed by atoms with Crippen molar-refractivity contribution >= 4 is 17.6 Å². The van der Waals surface area contributed by atoms with Crippen molar-refractivity contribution in [1.82, 2.24) is 10.2 Å². The highest BCUT2D eigenvalue weighted by atomic mass is 35.5. The first-order chi connectivity index (χ1) is 10.6. The van der Waals surface area contributed by atoms with E-state index in [0.29, 0.717) is 10.8 Å². The van der Waals surface area contributed by atoms with E-state index < -0.39 is 5.97 Å². The van der Waals surface area contributed by atoms with Gasteiger partial charge in [0.25, 0.3) is 11.8 Å². The third kappa shape index (κ3) is 2.94. The van der Waals surface area contributed by atoms with Gasteiger partial charge in [-0.1, -0.05) is 11.6 Å². The van der Waals surface area contributed by atoms with Crippen LogP contribution in [0.5, 0.6) is 5.75 Å². The molecule has 7 nitrogen and oxygen atoms in total. The second-order valence-electron chi connectivity index (χ2n) is 4.22. The van der Waals surface area contributed by atoms with Crippen molar-refractivity contribution in [3.05, 3.63) is 53.1 Å². The average molecular weight is 321 g/mol. The first-order valence-electron chi connectivity index (χ1n) is 6.15. The summed E-state index contributed by atoms with van der Waals surface area (Å²) in [5, 5.41) is 17.5. The standard InChI is InChI=1S/C14H9ClN2O5/c15-8-3-4-9(10(18)6-8)14(19)21-7-12-16-17-13(22-12)11-2-1-5-20-11/h1-6,18H,7H2. The van der Waals surface area contributed by atoms with Gasteiger partial charge in [0, 0.05) is 5.02 Å². The van der Waals surface area contributed by atoms with Crippen LogP contribution >= 0.6 is 11.6 Å². The molecule has 1 N–H and O–H groups in total. The molecule has 3 aromatic rings. The van der Waals surface area contributed by atoms with Crippen LogP contribution in [0.15, 0.2) is 45.4 Å². The number of furan rings is 1. The molecule has 0 aliphatic carbocycles. The molecule has 22 heavy (non-hydrogen) atoms. The molecule has 0 aliphatic rings. The maximum atomic E-state index is 11.9. The maximum Gasteiger partial charge on any atom is 0.342 e. The Hall–Kier alpha value is -2.80. The minimum atomic E-state index is -0.730. The monoisotopic (exact) mass is 320 g/mol. The number of aromatic nitrogens is 2. The van der Waals surface area contributed by atoms with Gasteiger partial charge in [0.2, 0.25) is 0 Å². The van der Waals surface area contributed by atoms with Gasteiger partial charge in [0.05, 0.1) is 6.26 Å². The van der Waals surface area contributed by atoms with Crippen molar-refractivity contribution in [3.63, 3.8) is 0 Å². The van der Waals surface area contributed by atoms with Crippen LogP contribution in [0.3, 0.4) is 0 Å². The van der Waals surface area contributed by atoms with Gasteiger partial charge in [-0.15, -0.1) is 10.2 Å². The van der Waals surface area contributed by atoms with E-state index in [0.717, 1.165) is 0 Å². The summed E-state index contributed by atoms with van der Waals surface area (Å²) in [6, 6.07) is 7.43. The molecule has 112 valence electrons. The molecule has 0 saturated heterocycles. The van der Waals surface area contributed by atoms with Crippen molar-refractivity contribution in [2.75, 3.05) is 0 Å². The molecule has 0 bridgehead atoms. The Kier molecular flexibility index (Phi) is 3.80. The highest BCUT2D eigenvalue weighted by Gasteiger charge is 2.16. The molecule has 8 heteroatoms. The molecule has 1 aromatic carbocycles. The van der Waals surface area contributed by atoms with E-state index in [1.165, 1.54) is 24.5 Å². The van der Waals surface area contributed by atoms with E-state index in [-0.39, 0.29) is 29.7 Å². The number of halogens is 1. The number of nitrogens with zero attached hydrogens (tertiary/aromatic N) is 2. The van der Waals surface area contributed by atoms with Crippen LogP contribution in [0.1, 0.15) is 16.2 Å². The molecular formula is C14H9ClN2O5. The van der Waals surface area contributed by atoms with E-state index in [1.54, 1.807) is 12.1 Å². The lowest BCUT2D eigenvalue weighted by molar-refractivity contribution is 0.0435. The number of hydrogen-bond acceptors (Lipinski definition) is 7. The van der Waals surface area contributed by atoms with Gasteiger partial charge in [0.15, 0.2) is 12.4 Å². The molecular weight excluding hydrogens is 312 g/mol. The van der Waals surface area contributed by atoms with Crippen molar-refractivity contribution in [3.8, 4) is 17.4 Å². The number of phenolic OH excluding ortho intramolecular Hbond substituents is 1. The zero-order valence-electron chi connectivity index (χ0n) is 11.0. The van der Waals surface area contributed by atoms with Gasteiger partial charge in [-0.2, -0.15) is 0 Å². The van der Waals surface area contributed by atoms with Crippen LogP contribution in [0.25, 0.3) is 11.7 Å². The van der Waals surface area contributed by atoms with Crippen LogP contribution in [0, 0.1) is 0 Å². The summed E-state index contributed by atoms with van der Waals surface area (Å²) in [7, 11) is 0. The summed E-state index contributed by atoms with van der Waals surface area (Å²) in [5.41, 5.74) is -0.00447. The van der Waals surface area contributed by atoms with Crippen molar-refractivity contribution in [1.29, 1.82) is 0 Å². The third-order valence-electron chi connectivity index (χ3n) is 2.71. The zero-order valence-corrected chi connectivity index (χ0v) is 11.8. The predicted molar refractivity (Wildman–Crippen MR) is 74.2 cm³/mol. The summed E-state index contributed by atoms with van der Waals surface area (Å²) in [4.78, 5) is 11.9. The van der Waals surface area contributed by atoms with E-state index in [4.69, 9.17) is 25.2 Å². The molecule has 0 unspecified atom stereocenters. The van der Waals surface area contributed by atoms with Gasteiger partial charge >= 0.3 is 5.97 Å². The van der Waals surface area contributed by atoms with E-state index in [2.05, 4.69) is 10.2 Å². The molecule has 3 rings (SSSR count). The Morgan fingerprint density at radius 2 is 2.18 bits per heavy atom. The van der Waals surface area contributed by atoms with Gasteiger partial charge in [-0.05, 0) is 30.3 Å². The van der Waals surface area contributed by atoms with E-state index in [9.17, 15) is 9.90 Å². The van der Waals surface area contributed by atoms with Crippen molar-refractivity contribution < 1.29 is 23.5 Å². The number of aromatic hydroxyl groups is 1. The van der Waals surface area contributed by atoms with E-state index >= 15 is 0 Å². The minimum absolute atomic E-state index is 0.00447. The number of esters is 1. The molecule has 2 heterocycles. The normalized spacial score (nSPS) is 10.6. The lowest BCUT2D eigenvalue weighted by Crippen LogP contribution is -2.05. The minimum Gasteiger partial charge on any atom is -0.507 e. The molecule has 2 aromatic heterocycles. The quantitative estimate of drug-likeness (QED) is 0.737. The Balaban J connectivity index is 1.66. The van der Waals surface area contributed by atoms with Crippen molar-refractivity contribution in [2.45, 2.75) is 6.61 Å².